The van der Waals surface area contributed by atoms with Crippen molar-refractivity contribution >= 4 is 24.0 Å². The van der Waals surface area contributed by atoms with Gasteiger partial charge in [-0.2, -0.15) is 5.21 Å². The SMILES string of the molecule is CSc1ccc(-n2[nH]nnc2=S)cc1. The fourth-order valence-corrected chi connectivity index (χ4v) is 1.69. The smallest absolute Gasteiger partial charge is 0.210 e. The third-order valence-electron chi connectivity index (χ3n) is 1.80. The first-order valence-corrected chi connectivity index (χ1v) is 5.59. The number of hydrogen-bond donors (Lipinski definition) is 1. The van der Waals surface area contributed by atoms with Gasteiger partial charge >= 0.3 is 0 Å². The molecule has 0 amide bonds. The van der Waals surface area contributed by atoms with Crippen LogP contribution in [0.1, 0.15) is 0 Å². The fourth-order valence-electron chi connectivity index (χ4n) is 1.10. The molecular weight excluding hydrogens is 216 g/mol. The Labute approximate surface area is 90.3 Å². The Hall–Kier alpha value is -1.14. The van der Waals surface area contributed by atoms with Crippen LogP contribution in [0.3, 0.4) is 0 Å². The zero-order valence-electron chi connectivity index (χ0n) is 7.47. The lowest BCUT2D eigenvalue weighted by molar-refractivity contribution is 0.785. The van der Waals surface area contributed by atoms with Crippen LogP contribution in [0.2, 0.25) is 0 Å². The number of aromatic nitrogens is 4. The van der Waals surface area contributed by atoms with Crippen molar-refractivity contribution in [1.82, 2.24) is 20.2 Å². The number of rotatable bonds is 2. The van der Waals surface area contributed by atoms with Crippen molar-refractivity contribution < 1.29 is 0 Å². The first-order chi connectivity index (χ1) is 6.81. The average molecular weight is 224 g/mol. The van der Waals surface area contributed by atoms with Crippen LogP contribution in [-0.4, -0.2) is 26.5 Å². The number of benzene rings is 1. The van der Waals surface area contributed by atoms with Crippen molar-refractivity contribution in [3.05, 3.63) is 29.0 Å². The summed E-state index contributed by atoms with van der Waals surface area (Å²) in [5, 5.41) is 10.0. The number of hydrogen-bond acceptors (Lipinski definition) is 4. The zero-order chi connectivity index (χ0) is 9.97. The van der Waals surface area contributed by atoms with E-state index in [1.165, 1.54) is 4.90 Å². The molecule has 0 saturated carbocycles. The van der Waals surface area contributed by atoms with Gasteiger partial charge in [0.1, 0.15) is 0 Å². The van der Waals surface area contributed by atoms with Gasteiger partial charge in [-0.1, -0.05) is 10.3 Å². The van der Waals surface area contributed by atoms with E-state index in [1.807, 2.05) is 30.5 Å². The summed E-state index contributed by atoms with van der Waals surface area (Å²) in [4.78, 5) is 1.22. The van der Waals surface area contributed by atoms with Gasteiger partial charge in [0.2, 0.25) is 4.77 Å². The molecule has 0 aliphatic heterocycles. The van der Waals surface area contributed by atoms with Gasteiger partial charge in [-0.15, -0.1) is 11.8 Å². The van der Waals surface area contributed by atoms with Crippen LogP contribution in [0.4, 0.5) is 0 Å². The highest BCUT2D eigenvalue weighted by atomic mass is 32.2. The molecule has 0 fully saturated rings. The van der Waals surface area contributed by atoms with E-state index in [0.717, 1.165) is 5.69 Å². The molecule has 1 aromatic carbocycles. The Morgan fingerprint density at radius 2 is 2.07 bits per heavy atom. The molecule has 0 spiro atoms. The summed E-state index contributed by atoms with van der Waals surface area (Å²) >= 11 is 6.68. The van der Waals surface area contributed by atoms with Crippen molar-refractivity contribution in [1.29, 1.82) is 0 Å². The number of tetrazole rings is 1. The van der Waals surface area contributed by atoms with Crippen LogP contribution >= 0.6 is 24.0 Å². The van der Waals surface area contributed by atoms with Gasteiger partial charge in [0, 0.05) is 4.90 Å². The third-order valence-corrected chi connectivity index (χ3v) is 2.81. The summed E-state index contributed by atoms with van der Waals surface area (Å²) < 4.78 is 2.08. The quantitative estimate of drug-likeness (QED) is 0.626. The van der Waals surface area contributed by atoms with Crippen LogP contribution in [0.5, 0.6) is 0 Å². The summed E-state index contributed by atoms with van der Waals surface area (Å²) in [5.41, 5.74) is 0.942. The molecule has 6 heteroatoms. The van der Waals surface area contributed by atoms with Crippen LogP contribution < -0.4 is 0 Å². The van der Waals surface area contributed by atoms with E-state index in [-0.39, 0.29) is 0 Å². The molecule has 14 heavy (non-hydrogen) atoms. The van der Waals surface area contributed by atoms with E-state index in [4.69, 9.17) is 12.2 Å². The molecule has 1 N–H and O–H groups in total. The highest BCUT2D eigenvalue weighted by Crippen LogP contribution is 2.16. The van der Waals surface area contributed by atoms with E-state index in [9.17, 15) is 0 Å². The van der Waals surface area contributed by atoms with Crippen molar-refractivity contribution in [2.75, 3.05) is 6.26 Å². The molecule has 1 heterocycles. The molecule has 0 atom stereocenters. The summed E-state index contributed by atoms with van der Waals surface area (Å²) in [6.07, 6.45) is 2.04. The number of H-pyrrole nitrogens is 1. The Morgan fingerprint density at radius 1 is 1.36 bits per heavy atom. The topological polar surface area (TPSA) is 46.5 Å². The predicted molar refractivity (Wildman–Crippen MR) is 58.3 cm³/mol. The Balaban J connectivity index is 2.44. The van der Waals surface area contributed by atoms with Crippen molar-refractivity contribution in [3.8, 4) is 5.69 Å². The molecular formula is C8H8N4S2. The second-order valence-electron chi connectivity index (χ2n) is 2.62. The number of thioether (sulfide) groups is 1. The van der Waals surface area contributed by atoms with Crippen molar-refractivity contribution in [2.24, 2.45) is 0 Å². The van der Waals surface area contributed by atoms with Gasteiger partial charge in [-0.25, -0.2) is 4.68 Å². The van der Waals surface area contributed by atoms with Gasteiger partial charge < -0.3 is 0 Å². The normalized spacial score (nSPS) is 10.4. The van der Waals surface area contributed by atoms with E-state index in [1.54, 1.807) is 16.4 Å². The monoisotopic (exact) mass is 224 g/mol. The minimum atomic E-state index is 0.432. The van der Waals surface area contributed by atoms with Crippen LogP contribution in [-0.2, 0) is 0 Å². The standard InChI is InChI=1S/C8H8N4S2/c1-14-7-4-2-6(3-5-7)12-8(13)9-10-11-12/h2-5H,1H3,(H,9,11,13). The fraction of sp³-hybridized carbons (Fsp3) is 0.125. The lowest BCUT2D eigenvalue weighted by Crippen LogP contribution is -1.96. The molecule has 0 unspecified atom stereocenters. The highest BCUT2D eigenvalue weighted by Gasteiger charge is 1.98. The van der Waals surface area contributed by atoms with Crippen LogP contribution in [0.15, 0.2) is 29.2 Å². The average Bonchev–Trinajstić information content (AvgIpc) is 2.65. The first kappa shape index (κ1) is 9.42. The molecule has 0 aliphatic rings. The maximum Gasteiger partial charge on any atom is 0.242 e. The van der Waals surface area contributed by atoms with Crippen LogP contribution in [0.25, 0.3) is 5.69 Å². The van der Waals surface area contributed by atoms with E-state index < -0.39 is 0 Å². The molecule has 72 valence electrons. The molecule has 0 aliphatic carbocycles. The second kappa shape index (κ2) is 3.93. The summed E-state index contributed by atoms with van der Waals surface area (Å²) in [6.45, 7) is 0. The van der Waals surface area contributed by atoms with Gasteiger partial charge in [-0.05, 0) is 42.7 Å². The van der Waals surface area contributed by atoms with Gasteiger partial charge in [0.05, 0.1) is 5.69 Å². The summed E-state index contributed by atoms with van der Waals surface area (Å²) in [5.74, 6) is 0. The molecule has 4 nitrogen and oxygen atoms in total. The van der Waals surface area contributed by atoms with Crippen LogP contribution in [0, 0.1) is 4.77 Å². The van der Waals surface area contributed by atoms with Gasteiger partial charge in [-0.3, -0.25) is 0 Å². The third kappa shape index (κ3) is 1.71. The first-order valence-electron chi connectivity index (χ1n) is 3.96. The lowest BCUT2D eigenvalue weighted by Gasteiger charge is -2.01. The van der Waals surface area contributed by atoms with Crippen molar-refractivity contribution in [2.45, 2.75) is 4.90 Å². The molecule has 0 bridgehead atoms. The van der Waals surface area contributed by atoms with E-state index in [2.05, 4.69) is 15.5 Å². The maximum absolute atomic E-state index is 4.98. The molecule has 0 saturated heterocycles. The number of aromatic amines is 1. The number of nitrogens with zero attached hydrogens (tertiary/aromatic N) is 3. The van der Waals surface area contributed by atoms with Crippen molar-refractivity contribution in [3.63, 3.8) is 0 Å². The molecule has 2 rings (SSSR count). The largest absolute Gasteiger partial charge is 0.242 e. The Kier molecular flexibility index (Phi) is 2.64. The second-order valence-corrected chi connectivity index (χ2v) is 3.86. The van der Waals surface area contributed by atoms with Gasteiger partial charge in [0.25, 0.3) is 0 Å². The predicted octanol–water partition coefficient (Wildman–Crippen LogP) is 2.05. The molecule has 1 aromatic heterocycles. The van der Waals surface area contributed by atoms with Gasteiger partial charge in [0.15, 0.2) is 0 Å². The van der Waals surface area contributed by atoms with E-state index in [0.29, 0.717) is 4.77 Å². The Morgan fingerprint density at radius 3 is 2.57 bits per heavy atom. The minimum absolute atomic E-state index is 0.432. The maximum atomic E-state index is 4.98. The summed E-state index contributed by atoms with van der Waals surface area (Å²) in [6, 6.07) is 8.01. The lowest BCUT2D eigenvalue weighted by atomic mass is 10.3. The number of nitrogens with one attached hydrogen (secondary N) is 1. The molecule has 0 radical (unpaired) electrons. The minimum Gasteiger partial charge on any atom is -0.210 e. The zero-order valence-corrected chi connectivity index (χ0v) is 9.10. The summed E-state index contributed by atoms with van der Waals surface area (Å²) in [7, 11) is 0. The van der Waals surface area contributed by atoms with E-state index >= 15 is 0 Å². The highest BCUT2D eigenvalue weighted by molar-refractivity contribution is 7.98. The molecule has 2 aromatic rings. The Bertz CT molecular complexity index is 471.